The number of nitrogens with zero attached hydrogens (tertiary/aromatic N) is 4. The molecule has 0 fully saturated rings. The summed E-state index contributed by atoms with van der Waals surface area (Å²) in [6.07, 6.45) is -3.06. The third-order valence-electron chi connectivity index (χ3n) is 3.23. The summed E-state index contributed by atoms with van der Waals surface area (Å²) in [5.74, 6) is -1.69. The Morgan fingerprint density at radius 3 is 2.70 bits per heavy atom. The highest BCUT2D eigenvalue weighted by Crippen LogP contribution is 2.30. The van der Waals surface area contributed by atoms with Gasteiger partial charge in [0.05, 0.1) is 11.3 Å². The number of alkyl halides is 2. The standard InChI is InChI=1S/C14H12F3N5O3S.HI/c1-6(18)5-26-13-10(19-25-21-13)12-20-24-14(23)22(12)7-2-3-9(15)8(4-7)11(16)17;/h2-4,6,11H,5,18H2,1H3;1H. The van der Waals surface area contributed by atoms with Crippen molar-refractivity contribution < 1.29 is 22.3 Å². The van der Waals surface area contributed by atoms with Crippen LogP contribution in [-0.4, -0.2) is 31.8 Å². The normalized spacial score (nSPS) is 12.2. The summed E-state index contributed by atoms with van der Waals surface area (Å²) in [6.45, 7) is 1.79. The summed E-state index contributed by atoms with van der Waals surface area (Å²) >= 11 is 1.21. The van der Waals surface area contributed by atoms with E-state index in [1.54, 1.807) is 6.92 Å². The van der Waals surface area contributed by atoms with Crippen LogP contribution in [0, 0.1) is 5.82 Å². The maximum atomic E-state index is 13.5. The molecule has 1 unspecified atom stereocenters. The molecule has 1 aromatic carbocycles. The first kappa shape index (κ1) is 21.4. The van der Waals surface area contributed by atoms with E-state index < -0.39 is 23.6 Å². The third kappa shape index (κ3) is 4.52. The lowest BCUT2D eigenvalue weighted by atomic mass is 10.2. The molecule has 2 heterocycles. The van der Waals surface area contributed by atoms with Crippen LogP contribution in [0.2, 0.25) is 0 Å². The first-order valence-electron chi connectivity index (χ1n) is 7.26. The lowest BCUT2D eigenvalue weighted by Crippen LogP contribution is -2.17. The second-order valence-corrected chi connectivity index (χ2v) is 6.33. The van der Waals surface area contributed by atoms with Crippen LogP contribution < -0.4 is 11.5 Å². The molecule has 0 aliphatic rings. The molecule has 1 atom stereocenters. The minimum Gasteiger partial charge on any atom is -0.327 e. The Morgan fingerprint density at radius 1 is 1.30 bits per heavy atom. The predicted octanol–water partition coefficient (Wildman–Crippen LogP) is 3.01. The van der Waals surface area contributed by atoms with Crippen LogP contribution in [0.25, 0.3) is 17.2 Å². The van der Waals surface area contributed by atoms with Gasteiger partial charge in [-0.2, -0.15) is 0 Å². The molecular formula is C14H13F3IN5O3S. The van der Waals surface area contributed by atoms with Crippen molar-refractivity contribution in [2.75, 3.05) is 5.75 Å². The van der Waals surface area contributed by atoms with E-state index in [-0.39, 0.29) is 47.2 Å². The van der Waals surface area contributed by atoms with Gasteiger partial charge in [0.2, 0.25) is 5.82 Å². The lowest BCUT2D eigenvalue weighted by molar-refractivity contribution is 0.146. The molecule has 0 aliphatic carbocycles. The molecule has 3 rings (SSSR count). The molecule has 13 heteroatoms. The molecule has 0 saturated heterocycles. The molecule has 0 amide bonds. The summed E-state index contributed by atoms with van der Waals surface area (Å²) < 4.78 is 49.6. The fourth-order valence-electron chi connectivity index (χ4n) is 2.09. The lowest BCUT2D eigenvalue weighted by Gasteiger charge is -2.07. The Labute approximate surface area is 171 Å². The van der Waals surface area contributed by atoms with Gasteiger partial charge in [-0.15, -0.1) is 24.0 Å². The van der Waals surface area contributed by atoms with Crippen molar-refractivity contribution in [2.24, 2.45) is 5.73 Å². The molecule has 146 valence electrons. The molecule has 2 aromatic heterocycles. The fourth-order valence-corrected chi connectivity index (χ4v) is 2.86. The SMILES string of the molecule is CC(N)CSc1nonc1-c1noc(=O)n1-c1ccc(F)c(C(F)F)c1.I. The number of aromatic nitrogens is 4. The van der Waals surface area contributed by atoms with Crippen molar-refractivity contribution >= 4 is 35.7 Å². The van der Waals surface area contributed by atoms with Gasteiger partial charge in [-0.25, -0.2) is 27.2 Å². The Bertz CT molecular complexity index is 975. The second-order valence-electron chi connectivity index (χ2n) is 5.32. The van der Waals surface area contributed by atoms with Crippen LogP contribution in [0.5, 0.6) is 0 Å². The molecule has 2 N–H and O–H groups in total. The molecule has 0 radical (unpaired) electrons. The van der Waals surface area contributed by atoms with Crippen LogP contribution in [0.15, 0.2) is 37.2 Å². The highest BCUT2D eigenvalue weighted by Gasteiger charge is 2.24. The zero-order chi connectivity index (χ0) is 18.8. The van der Waals surface area contributed by atoms with Gasteiger partial charge in [-0.05, 0) is 35.4 Å². The van der Waals surface area contributed by atoms with Gasteiger partial charge < -0.3 is 5.73 Å². The number of hydrogen-bond donors (Lipinski definition) is 1. The number of halogens is 4. The zero-order valence-corrected chi connectivity index (χ0v) is 16.8. The summed E-state index contributed by atoms with van der Waals surface area (Å²) in [7, 11) is 0. The maximum absolute atomic E-state index is 13.5. The summed E-state index contributed by atoms with van der Waals surface area (Å²) in [5, 5.41) is 11.3. The first-order chi connectivity index (χ1) is 12.4. The summed E-state index contributed by atoms with van der Waals surface area (Å²) in [5.41, 5.74) is 4.84. The zero-order valence-electron chi connectivity index (χ0n) is 13.6. The summed E-state index contributed by atoms with van der Waals surface area (Å²) in [6, 6.07) is 2.66. The smallest absolute Gasteiger partial charge is 0.327 e. The number of rotatable bonds is 6. The van der Waals surface area contributed by atoms with Crippen LogP contribution in [0.1, 0.15) is 18.9 Å². The van der Waals surface area contributed by atoms with E-state index in [1.165, 1.54) is 11.8 Å². The molecule has 3 aromatic rings. The van der Waals surface area contributed by atoms with E-state index in [9.17, 15) is 18.0 Å². The quantitative estimate of drug-likeness (QED) is 0.394. The predicted molar refractivity (Wildman–Crippen MR) is 100 cm³/mol. The van der Waals surface area contributed by atoms with Gasteiger partial charge in [0, 0.05) is 11.8 Å². The van der Waals surface area contributed by atoms with E-state index in [0.717, 1.165) is 22.8 Å². The minimum absolute atomic E-state index is 0. The molecule has 0 aliphatic heterocycles. The van der Waals surface area contributed by atoms with E-state index in [0.29, 0.717) is 10.8 Å². The number of thioether (sulfide) groups is 1. The Kier molecular flexibility index (Phi) is 7.05. The molecule has 8 nitrogen and oxygen atoms in total. The van der Waals surface area contributed by atoms with Gasteiger partial charge in [0.15, 0.2) is 10.7 Å². The number of benzene rings is 1. The van der Waals surface area contributed by atoms with Gasteiger partial charge in [0.1, 0.15) is 5.82 Å². The van der Waals surface area contributed by atoms with Crippen molar-refractivity contribution in [3.63, 3.8) is 0 Å². The Hall–Kier alpha value is -1.87. The molecule has 27 heavy (non-hydrogen) atoms. The van der Waals surface area contributed by atoms with Crippen molar-refractivity contribution in [2.45, 2.75) is 24.4 Å². The number of hydrogen-bond acceptors (Lipinski definition) is 8. The minimum atomic E-state index is -3.06. The van der Waals surface area contributed by atoms with Crippen LogP contribution >= 0.6 is 35.7 Å². The van der Waals surface area contributed by atoms with Gasteiger partial charge >= 0.3 is 5.76 Å². The topological polar surface area (TPSA) is 113 Å². The Morgan fingerprint density at radius 2 is 2.04 bits per heavy atom. The molecule has 0 saturated carbocycles. The highest BCUT2D eigenvalue weighted by molar-refractivity contribution is 14.0. The average molecular weight is 515 g/mol. The van der Waals surface area contributed by atoms with E-state index in [1.807, 2.05) is 0 Å². The molecule has 0 bridgehead atoms. The van der Waals surface area contributed by atoms with Crippen LogP contribution in [-0.2, 0) is 0 Å². The van der Waals surface area contributed by atoms with Crippen molar-refractivity contribution in [1.82, 2.24) is 20.0 Å². The largest absolute Gasteiger partial charge is 0.446 e. The van der Waals surface area contributed by atoms with Crippen molar-refractivity contribution in [1.29, 1.82) is 0 Å². The maximum Gasteiger partial charge on any atom is 0.446 e. The highest BCUT2D eigenvalue weighted by atomic mass is 127. The molecule has 0 spiro atoms. The monoisotopic (exact) mass is 515 g/mol. The second kappa shape index (κ2) is 8.88. The average Bonchev–Trinajstić information content (AvgIpc) is 3.19. The van der Waals surface area contributed by atoms with Gasteiger partial charge in [-0.1, -0.05) is 16.9 Å². The number of nitrogens with two attached hydrogens (primary N) is 1. The van der Waals surface area contributed by atoms with Gasteiger partial charge in [0.25, 0.3) is 6.43 Å². The van der Waals surface area contributed by atoms with Crippen LogP contribution in [0.3, 0.4) is 0 Å². The molecular weight excluding hydrogens is 502 g/mol. The van der Waals surface area contributed by atoms with E-state index in [2.05, 4.69) is 24.6 Å². The van der Waals surface area contributed by atoms with Crippen molar-refractivity contribution in [3.05, 3.63) is 40.1 Å². The van der Waals surface area contributed by atoms with E-state index in [4.69, 9.17) is 5.73 Å². The third-order valence-corrected chi connectivity index (χ3v) is 4.46. The van der Waals surface area contributed by atoms with E-state index >= 15 is 0 Å². The fraction of sp³-hybridized carbons (Fsp3) is 0.286. The summed E-state index contributed by atoms with van der Waals surface area (Å²) in [4.78, 5) is 12.0. The van der Waals surface area contributed by atoms with Crippen molar-refractivity contribution in [3.8, 4) is 17.2 Å². The Balaban J connectivity index is 0.00000261. The van der Waals surface area contributed by atoms with Gasteiger partial charge in [-0.3, -0.25) is 4.52 Å². The first-order valence-corrected chi connectivity index (χ1v) is 8.25. The van der Waals surface area contributed by atoms with Crippen LogP contribution in [0.4, 0.5) is 13.2 Å².